The molecule has 1 heterocycles. The van der Waals surface area contributed by atoms with Gasteiger partial charge in [0.25, 0.3) is 0 Å². The Morgan fingerprint density at radius 1 is 1.30 bits per heavy atom. The number of hydrogen-bond acceptors (Lipinski definition) is 2. The van der Waals surface area contributed by atoms with Gasteiger partial charge in [0.2, 0.25) is 0 Å². The number of likely N-dealkylation sites (tertiary alicyclic amines) is 1. The first-order chi connectivity index (χ1) is 9.70. The molecule has 1 aromatic rings. The summed E-state index contributed by atoms with van der Waals surface area (Å²) in [6.07, 6.45) is 6.79. The van der Waals surface area contributed by atoms with E-state index >= 15 is 0 Å². The highest BCUT2D eigenvalue weighted by Gasteiger charge is 2.38. The van der Waals surface area contributed by atoms with Gasteiger partial charge in [0.05, 0.1) is 0 Å². The van der Waals surface area contributed by atoms with Crippen molar-refractivity contribution in [1.29, 1.82) is 0 Å². The van der Waals surface area contributed by atoms with E-state index in [-0.39, 0.29) is 6.04 Å². The van der Waals surface area contributed by atoms with Crippen LogP contribution in [0.2, 0.25) is 5.02 Å². The molecule has 1 saturated heterocycles. The Kier molecular flexibility index (Phi) is 4.71. The van der Waals surface area contributed by atoms with Gasteiger partial charge in [-0.3, -0.25) is 4.90 Å². The predicted molar refractivity (Wildman–Crippen MR) is 88.0 cm³/mol. The number of nitrogens with two attached hydrogens (primary N) is 1. The molecule has 2 nitrogen and oxygen atoms in total. The number of nitrogens with zero attached hydrogens (tertiary/aromatic N) is 1. The molecule has 3 rings (SSSR count). The second kappa shape index (κ2) is 6.35. The molecule has 0 spiro atoms. The van der Waals surface area contributed by atoms with Crippen LogP contribution in [0.1, 0.15) is 43.7 Å². The van der Waals surface area contributed by atoms with Crippen LogP contribution in [0.15, 0.2) is 22.7 Å². The van der Waals surface area contributed by atoms with Gasteiger partial charge in [0, 0.05) is 28.1 Å². The fraction of sp³-hybridized carbons (Fsp3) is 0.625. The fourth-order valence-corrected chi connectivity index (χ4v) is 4.89. The molecule has 0 aromatic heterocycles. The first kappa shape index (κ1) is 14.8. The lowest BCUT2D eigenvalue weighted by atomic mass is 9.89. The van der Waals surface area contributed by atoms with Gasteiger partial charge in [-0.2, -0.15) is 0 Å². The molecular weight excluding hydrogens is 336 g/mol. The highest BCUT2D eigenvalue weighted by molar-refractivity contribution is 9.10. The molecule has 1 saturated carbocycles. The van der Waals surface area contributed by atoms with E-state index in [4.69, 9.17) is 17.3 Å². The van der Waals surface area contributed by atoms with Crippen molar-refractivity contribution in [2.75, 3.05) is 13.1 Å². The van der Waals surface area contributed by atoms with Gasteiger partial charge in [-0.25, -0.2) is 0 Å². The zero-order chi connectivity index (χ0) is 14.1. The second-order valence-corrected chi connectivity index (χ2v) is 7.38. The minimum atomic E-state index is 0.265. The molecule has 3 unspecified atom stereocenters. The molecule has 0 bridgehead atoms. The lowest BCUT2D eigenvalue weighted by Gasteiger charge is -2.43. The van der Waals surface area contributed by atoms with Gasteiger partial charge in [-0.05, 0) is 55.8 Å². The Labute approximate surface area is 134 Å². The Morgan fingerprint density at radius 2 is 2.10 bits per heavy atom. The zero-order valence-electron chi connectivity index (χ0n) is 11.7. The predicted octanol–water partition coefficient (Wildman–Crippen LogP) is 4.37. The molecule has 1 aromatic carbocycles. The summed E-state index contributed by atoms with van der Waals surface area (Å²) in [6, 6.07) is 7.16. The highest BCUT2D eigenvalue weighted by Crippen LogP contribution is 2.41. The molecule has 2 N–H and O–H groups in total. The normalized spacial score (nSPS) is 28.4. The third kappa shape index (κ3) is 2.78. The lowest BCUT2D eigenvalue weighted by molar-refractivity contribution is 0.0702. The second-order valence-electron chi connectivity index (χ2n) is 6.06. The average Bonchev–Trinajstić information content (AvgIpc) is 2.91. The van der Waals surface area contributed by atoms with Gasteiger partial charge in [-0.15, -0.1) is 0 Å². The largest absolute Gasteiger partial charge is 0.329 e. The quantitative estimate of drug-likeness (QED) is 0.870. The van der Waals surface area contributed by atoms with Crippen LogP contribution in [0.5, 0.6) is 0 Å². The van der Waals surface area contributed by atoms with Crippen molar-refractivity contribution < 1.29 is 0 Å². The van der Waals surface area contributed by atoms with Crippen LogP contribution in [-0.4, -0.2) is 24.0 Å². The molecule has 0 amide bonds. The van der Waals surface area contributed by atoms with Crippen LogP contribution >= 0.6 is 27.5 Å². The van der Waals surface area contributed by atoms with Gasteiger partial charge in [0.1, 0.15) is 0 Å². The summed E-state index contributed by atoms with van der Waals surface area (Å²) in [6.45, 7) is 1.81. The maximum Gasteiger partial charge on any atom is 0.0488 e. The van der Waals surface area contributed by atoms with Gasteiger partial charge in [-0.1, -0.05) is 40.0 Å². The van der Waals surface area contributed by atoms with Crippen LogP contribution in [0.3, 0.4) is 0 Å². The first-order valence-corrected chi connectivity index (χ1v) is 8.78. The van der Waals surface area contributed by atoms with E-state index in [9.17, 15) is 0 Å². The minimum absolute atomic E-state index is 0.265. The molecule has 4 heteroatoms. The summed E-state index contributed by atoms with van der Waals surface area (Å²) in [7, 11) is 0. The van der Waals surface area contributed by atoms with E-state index in [0.29, 0.717) is 6.54 Å². The monoisotopic (exact) mass is 356 g/mol. The summed E-state index contributed by atoms with van der Waals surface area (Å²) >= 11 is 9.93. The molecule has 1 aliphatic heterocycles. The van der Waals surface area contributed by atoms with Crippen LogP contribution < -0.4 is 5.73 Å². The first-order valence-electron chi connectivity index (χ1n) is 7.61. The van der Waals surface area contributed by atoms with Crippen molar-refractivity contribution >= 4 is 27.5 Å². The maximum atomic E-state index is 6.45. The Balaban J connectivity index is 1.88. The van der Waals surface area contributed by atoms with Crippen molar-refractivity contribution in [3.05, 3.63) is 33.3 Å². The number of piperidine rings is 1. The average molecular weight is 358 g/mol. The van der Waals surface area contributed by atoms with E-state index in [1.165, 1.54) is 37.7 Å². The number of hydrogen-bond donors (Lipinski definition) is 1. The van der Waals surface area contributed by atoms with Crippen molar-refractivity contribution in [3.63, 3.8) is 0 Å². The standard InChI is InChI=1S/C16H22BrClN2/c17-12-6-7-13(14(18)9-12)16(10-19)20-8-2-4-11-3-1-5-15(11)20/h6-7,9,11,15-16H,1-5,8,10,19H2. The van der Waals surface area contributed by atoms with E-state index in [1.807, 2.05) is 6.07 Å². The molecule has 110 valence electrons. The topological polar surface area (TPSA) is 29.3 Å². The summed E-state index contributed by atoms with van der Waals surface area (Å²) in [4.78, 5) is 2.64. The smallest absolute Gasteiger partial charge is 0.0488 e. The third-order valence-corrected chi connectivity index (χ3v) is 5.80. The molecule has 3 atom stereocenters. The van der Waals surface area contributed by atoms with Crippen LogP contribution in [-0.2, 0) is 0 Å². The summed E-state index contributed by atoms with van der Waals surface area (Å²) in [5, 5.41) is 0.829. The molecule has 1 aliphatic carbocycles. The zero-order valence-corrected chi connectivity index (χ0v) is 14.0. The Hall–Kier alpha value is -0.0900. The van der Waals surface area contributed by atoms with Gasteiger partial charge in [0.15, 0.2) is 0 Å². The molecular formula is C16H22BrClN2. The van der Waals surface area contributed by atoms with Crippen molar-refractivity contribution in [2.45, 2.75) is 44.2 Å². The van der Waals surface area contributed by atoms with Crippen molar-refractivity contribution in [2.24, 2.45) is 11.7 Å². The number of rotatable bonds is 3. The van der Waals surface area contributed by atoms with E-state index < -0.39 is 0 Å². The SMILES string of the molecule is NCC(c1ccc(Br)cc1Cl)N1CCCC2CCCC21. The Bertz CT molecular complexity index is 480. The highest BCUT2D eigenvalue weighted by atomic mass is 79.9. The van der Waals surface area contributed by atoms with Gasteiger partial charge >= 0.3 is 0 Å². The number of benzene rings is 1. The summed E-state index contributed by atoms with van der Waals surface area (Å²) < 4.78 is 1.03. The lowest BCUT2D eigenvalue weighted by Crippen LogP contribution is -2.46. The maximum absolute atomic E-state index is 6.45. The third-order valence-electron chi connectivity index (χ3n) is 4.98. The minimum Gasteiger partial charge on any atom is -0.329 e. The summed E-state index contributed by atoms with van der Waals surface area (Å²) in [5.41, 5.74) is 7.30. The molecule has 0 radical (unpaired) electrons. The number of fused-ring (bicyclic) bond motifs is 1. The molecule has 20 heavy (non-hydrogen) atoms. The molecule has 2 fully saturated rings. The van der Waals surface area contributed by atoms with Gasteiger partial charge < -0.3 is 5.73 Å². The van der Waals surface area contributed by atoms with E-state index in [1.54, 1.807) is 0 Å². The van der Waals surface area contributed by atoms with Crippen LogP contribution in [0.25, 0.3) is 0 Å². The van der Waals surface area contributed by atoms with Crippen molar-refractivity contribution in [3.8, 4) is 0 Å². The fourth-order valence-electron chi connectivity index (χ4n) is 4.09. The van der Waals surface area contributed by atoms with E-state index in [0.717, 1.165) is 28.0 Å². The van der Waals surface area contributed by atoms with E-state index in [2.05, 4.69) is 33.0 Å². The Morgan fingerprint density at radius 3 is 2.85 bits per heavy atom. The summed E-state index contributed by atoms with van der Waals surface area (Å²) in [5.74, 6) is 0.882. The van der Waals surface area contributed by atoms with Crippen LogP contribution in [0.4, 0.5) is 0 Å². The van der Waals surface area contributed by atoms with Crippen molar-refractivity contribution in [1.82, 2.24) is 4.90 Å². The number of halogens is 2. The van der Waals surface area contributed by atoms with Crippen LogP contribution in [0, 0.1) is 5.92 Å². The molecule has 2 aliphatic rings.